The third-order valence-corrected chi connectivity index (χ3v) is 3.60. The van der Waals surface area contributed by atoms with Crippen molar-refractivity contribution in [2.24, 2.45) is 0 Å². The molecule has 0 unspecified atom stereocenters. The molecule has 2 aromatic rings. The molecule has 0 spiro atoms. The van der Waals surface area contributed by atoms with Crippen molar-refractivity contribution >= 4 is 15.9 Å². The molecule has 0 amide bonds. The third-order valence-electron chi connectivity index (χ3n) is 2.82. The molecule has 0 aliphatic rings. The summed E-state index contributed by atoms with van der Waals surface area (Å²) in [5.41, 5.74) is 3.01. The Morgan fingerprint density at radius 2 is 1.89 bits per heavy atom. The first-order valence-corrected chi connectivity index (χ1v) is 6.65. The highest BCUT2D eigenvalue weighted by Crippen LogP contribution is 2.15. The molecule has 0 saturated heterocycles. The van der Waals surface area contributed by atoms with Gasteiger partial charge in [-0.2, -0.15) is 0 Å². The van der Waals surface area contributed by atoms with Crippen molar-refractivity contribution in [3.8, 4) is 0 Å². The van der Waals surface area contributed by atoms with Gasteiger partial charge in [0.05, 0.1) is 0 Å². The van der Waals surface area contributed by atoms with Crippen molar-refractivity contribution < 1.29 is 4.39 Å². The first-order valence-electron chi connectivity index (χ1n) is 5.86. The summed E-state index contributed by atoms with van der Waals surface area (Å²) in [6.07, 6.45) is 0. The van der Waals surface area contributed by atoms with Crippen LogP contribution in [0.5, 0.6) is 0 Å². The van der Waals surface area contributed by atoms with E-state index in [0.29, 0.717) is 5.56 Å². The van der Waals surface area contributed by atoms with E-state index in [4.69, 9.17) is 0 Å². The van der Waals surface area contributed by atoms with E-state index in [0.717, 1.165) is 23.1 Å². The van der Waals surface area contributed by atoms with Gasteiger partial charge in [-0.15, -0.1) is 0 Å². The normalized spacial score (nSPS) is 10.6. The first kappa shape index (κ1) is 13.2. The molecule has 0 atom stereocenters. The number of hydrogen-bond donors (Lipinski definition) is 1. The summed E-state index contributed by atoms with van der Waals surface area (Å²) < 4.78 is 14.2. The zero-order valence-corrected chi connectivity index (χ0v) is 11.8. The van der Waals surface area contributed by atoms with Gasteiger partial charge in [-0.3, -0.25) is 0 Å². The molecule has 94 valence electrons. The van der Waals surface area contributed by atoms with Gasteiger partial charge in [-0.25, -0.2) is 4.39 Å². The monoisotopic (exact) mass is 307 g/mol. The van der Waals surface area contributed by atoms with E-state index < -0.39 is 0 Å². The van der Waals surface area contributed by atoms with E-state index in [2.05, 4.69) is 27.3 Å². The van der Waals surface area contributed by atoms with Crippen LogP contribution in [0.1, 0.15) is 16.7 Å². The third kappa shape index (κ3) is 3.40. The van der Waals surface area contributed by atoms with Crippen LogP contribution in [-0.2, 0) is 13.1 Å². The molecular formula is C15H15BrFN. The van der Waals surface area contributed by atoms with Crippen LogP contribution < -0.4 is 5.32 Å². The number of aryl methyl sites for hydroxylation is 1. The number of benzene rings is 2. The Kier molecular flexibility index (Phi) is 4.50. The predicted octanol–water partition coefficient (Wildman–Crippen LogP) is 4.19. The maximum absolute atomic E-state index is 13.1. The van der Waals surface area contributed by atoms with Crippen molar-refractivity contribution in [1.82, 2.24) is 5.32 Å². The lowest BCUT2D eigenvalue weighted by Gasteiger charge is -2.07. The van der Waals surface area contributed by atoms with Gasteiger partial charge in [0.2, 0.25) is 0 Å². The average molecular weight is 308 g/mol. The van der Waals surface area contributed by atoms with Crippen molar-refractivity contribution in [2.75, 3.05) is 0 Å². The first-order chi connectivity index (χ1) is 8.66. The molecule has 0 heterocycles. The summed E-state index contributed by atoms with van der Waals surface area (Å²) in [5, 5.41) is 3.35. The minimum atomic E-state index is -0.149. The second-order valence-electron chi connectivity index (χ2n) is 4.28. The van der Waals surface area contributed by atoms with Gasteiger partial charge in [0, 0.05) is 17.6 Å². The van der Waals surface area contributed by atoms with E-state index in [-0.39, 0.29) is 5.82 Å². The van der Waals surface area contributed by atoms with E-state index in [1.807, 2.05) is 30.3 Å². The Hall–Kier alpha value is -1.19. The van der Waals surface area contributed by atoms with E-state index in [9.17, 15) is 4.39 Å². The minimum Gasteiger partial charge on any atom is -0.309 e. The Morgan fingerprint density at radius 3 is 2.61 bits per heavy atom. The highest BCUT2D eigenvalue weighted by atomic mass is 79.9. The number of hydrogen-bond acceptors (Lipinski definition) is 1. The van der Waals surface area contributed by atoms with Gasteiger partial charge in [0.15, 0.2) is 0 Å². The summed E-state index contributed by atoms with van der Waals surface area (Å²) in [7, 11) is 0. The standard InChI is InChI=1S/C15H15BrFN/c1-11-8-12(6-7-15(11)17)9-18-10-13-4-2-3-5-14(13)16/h2-8,18H,9-10H2,1H3. The molecule has 0 aromatic heterocycles. The van der Waals surface area contributed by atoms with Gasteiger partial charge in [0.1, 0.15) is 5.82 Å². The van der Waals surface area contributed by atoms with Crippen molar-refractivity contribution in [3.05, 3.63) is 69.4 Å². The number of halogens is 2. The molecule has 0 aliphatic carbocycles. The highest BCUT2D eigenvalue weighted by molar-refractivity contribution is 9.10. The number of nitrogens with one attached hydrogen (secondary N) is 1. The van der Waals surface area contributed by atoms with Crippen LogP contribution >= 0.6 is 15.9 Å². The predicted molar refractivity (Wildman–Crippen MR) is 75.8 cm³/mol. The van der Waals surface area contributed by atoms with Crippen LogP contribution in [-0.4, -0.2) is 0 Å². The molecule has 2 rings (SSSR count). The Balaban J connectivity index is 1.92. The molecule has 1 nitrogen and oxygen atoms in total. The van der Waals surface area contributed by atoms with Gasteiger partial charge in [-0.05, 0) is 35.7 Å². The van der Waals surface area contributed by atoms with Gasteiger partial charge in [0.25, 0.3) is 0 Å². The molecule has 2 aromatic carbocycles. The molecule has 0 aliphatic heterocycles. The summed E-state index contributed by atoms with van der Waals surface area (Å²) in [6, 6.07) is 13.3. The highest BCUT2D eigenvalue weighted by Gasteiger charge is 2.00. The quantitative estimate of drug-likeness (QED) is 0.893. The van der Waals surface area contributed by atoms with E-state index >= 15 is 0 Å². The van der Waals surface area contributed by atoms with Crippen molar-refractivity contribution in [2.45, 2.75) is 20.0 Å². The fraction of sp³-hybridized carbons (Fsp3) is 0.200. The van der Waals surface area contributed by atoms with Crippen LogP contribution in [0.25, 0.3) is 0 Å². The maximum Gasteiger partial charge on any atom is 0.126 e. The molecule has 1 N–H and O–H groups in total. The van der Waals surface area contributed by atoms with Crippen LogP contribution in [0.4, 0.5) is 4.39 Å². The molecular weight excluding hydrogens is 293 g/mol. The molecule has 0 radical (unpaired) electrons. The summed E-state index contributed by atoms with van der Waals surface area (Å²) >= 11 is 3.51. The Labute approximate surface area is 115 Å². The topological polar surface area (TPSA) is 12.0 Å². The Morgan fingerprint density at radius 1 is 1.11 bits per heavy atom. The van der Waals surface area contributed by atoms with Crippen molar-refractivity contribution in [3.63, 3.8) is 0 Å². The number of rotatable bonds is 4. The molecule has 3 heteroatoms. The largest absolute Gasteiger partial charge is 0.309 e. The average Bonchev–Trinajstić information content (AvgIpc) is 2.36. The van der Waals surface area contributed by atoms with Gasteiger partial charge >= 0.3 is 0 Å². The fourth-order valence-electron chi connectivity index (χ4n) is 1.80. The summed E-state index contributed by atoms with van der Waals surface area (Å²) in [4.78, 5) is 0. The lowest BCUT2D eigenvalue weighted by molar-refractivity contribution is 0.615. The van der Waals surface area contributed by atoms with Crippen LogP contribution in [0.15, 0.2) is 46.9 Å². The van der Waals surface area contributed by atoms with Gasteiger partial charge < -0.3 is 5.32 Å². The SMILES string of the molecule is Cc1cc(CNCc2ccccc2Br)ccc1F. The summed E-state index contributed by atoms with van der Waals surface area (Å²) in [6.45, 7) is 3.31. The molecule has 18 heavy (non-hydrogen) atoms. The van der Waals surface area contributed by atoms with Crippen molar-refractivity contribution in [1.29, 1.82) is 0 Å². The molecule has 0 fully saturated rings. The van der Waals surface area contributed by atoms with Gasteiger partial charge in [-0.1, -0.05) is 46.3 Å². The van der Waals surface area contributed by atoms with E-state index in [1.54, 1.807) is 6.92 Å². The van der Waals surface area contributed by atoms with Crippen LogP contribution in [0.3, 0.4) is 0 Å². The zero-order chi connectivity index (χ0) is 13.0. The van der Waals surface area contributed by atoms with Crippen LogP contribution in [0, 0.1) is 12.7 Å². The minimum absolute atomic E-state index is 0.149. The Bertz CT molecular complexity index is 540. The molecule has 0 bridgehead atoms. The lowest BCUT2D eigenvalue weighted by atomic mass is 10.1. The smallest absolute Gasteiger partial charge is 0.126 e. The summed E-state index contributed by atoms with van der Waals surface area (Å²) in [5.74, 6) is -0.149. The molecule has 0 saturated carbocycles. The fourth-order valence-corrected chi connectivity index (χ4v) is 2.22. The van der Waals surface area contributed by atoms with Crippen LogP contribution in [0.2, 0.25) is 0 Å². The van der Waals surface area contributed by atoms with E-state index in [1.165, 1.54) is 11.6 Å². The zero-order valence-electron chi connectivity index (χ0n) is 10.2. The maximum atomic E-state index is 13.1. The lowest BCUT2D eigenvalue weighted by Crippen LogP contribution is -2.13. The second kappa shape index (κ2) is 6.12. The second-order valence-corrected chi connectivity index (χ2v) is 5.13.